The smallest absolute Gasteiger partial charge is 0.256 e. The van der Waals surface area contributed by atoms with E-state index < -0.39 is 5.95 Å². The lowest BCUT2D eigenvalue weighted by atomic mass is 10.1. The van der Waals surface area contributed by atoms with Crippen molar-refractivity contribution in [1.29, 1.82) is 0 Å². The summed E-state index contributed by atoms with van der Waals surface area (Å²) in [6.45, 7) is 0.725. The van der Waals surface area contributed by atoms with Crippen LogP contribution in [0.1, 0.15) is 22.9 Å². The molecule has 1 aromatic carbocycles. The normalized spacial score (nSPS) is 11.5. The number of aromatic nitrogens is 6. The molecular formula is C23H19FN6O3. The zero-order chi connectivity index (χ0) is 22.9. The van der Waals surface area contributed by atoms with Crippen LogP contribution in [0.5, 0.6) is 11.5 Å². The van der Waals surface area contributed by atoms with Crippen molar-refractivity contribution in [3.05, 3.63) is 65.5 Å². The highest BCUT2D eigenvalue weighted by molar-refractivity contribution is 5.71. The first-order valence-electron chi connectivity index (χ1n) is 10.0. The van der Waals surface area contributed by atoms with Gasteiger partial charge < -0.3 is 18.8 Å². The number of halogens is 1. The average molecular weight is 446 g/mol. The number of fused-ring (bicyclic) bond motifs is 5. The van der Waals surface area contributed by atoms with E-state index in [-0.39, 0.29) is 11.4 Å². The number of rotatable bonds is 4. The van der Waals surface area contributed by atoms with E-state index in [0.717, 1.165) is 16.9 Å². The van der Waals surface area contributed by atoms with E-state index in [1.165, 1.54) is 13.2 Å². The SMILES string of the molecule is COCc1nnc2n1Cc1c(C#Cc3ccc(OC)c(F)n3)ncn1-c1ccc(OC)cc1-2. The van der Waals surface area contributed by atoms with Gasteiger partial charge in [-0.25, -0.2) is 9.97 Å². The molecule has 0 bridgehead atoms. The number of nitrogens with zero attached hydrogens (tertiary/aromatic N) is 6. The van der Waals surface area contributed by atoms with Crippen molar-refractivity contribution in [2.75, 3.05) is 21.3 Å². The molecule has 0 amide bonds. The first kappa shape index (κ1) is 20.7. The summed E-state index contributed by atoms with van der Waals surface area (Å²) in [5.74, 6) is 7.34. The van der Waals surface area contributed by atoms with Gasteiger partial charge in [0.05, 0.1) is 32.1 Å². The highest BCUT2D eigenvalue weighted by atomic mass is 19.1. The van der Waals surface area contributed by atoms with Gasteiger partial charge in [0.15, 0.2) is 17.4 Å². The third-order valence-corrected chi connectivity index (χ3v) is 5.32. The Morgan fingerprint density at radius 2 is 1.94 bits per heavy atom. The monoisotopic (exact) mass is 446 g/mol. The molecule has 4 aromatic rings. The quantitative estimate of drug-likeness (QED) is 0.310. The van der Waals surface area contributed by atoms with Crippen molar-refractivity contribution in [2.45, 2.75) is 13.2 Å². The molecule has 0 fully saturated rings. The topological polar surface area (TPSA) is 89.1 Å². The summed E-state index contributed by atoms with van der Waals surface area (Å²) in [5, 5.41) is 8.72. The highest BCUT2D eigenvalue weighted by Crippen LogP contribution is 2.34. The van der Waals surface area contributed by atoms with Crippen LogP contribution in [-0.4, -0.2) is 50.6 Å². The lowest BCUT2D eigenvalue weighted by Crippen LogP contribution is -2.09. The number of methoxy groups -OCH3 is 3. The second-order valence-electron chi connectivity index (χ2n) is 7.19. The van der Waals surface area contributed by atoms with E-state index in [9.17, 15) is 4.39 Å². The summed E-state index contributed by atoms with van der Waals surface area (Å²) in [7, 11) is 4.61. The first-order valence-corrected chi connectivity index (χ1v) is 10.0. The summed E-state index contributed by atoms with van der Waals surface area (Å²) in [6, 6.07) is 8.82. The summed E-state index contributed by atoms with van der Waals surface area (Å²) >= 11 is 0. The van der Waals surface area contributed by atoms with Crippen molar-refractivity contribution in [3.63, 3.8) is 0 Å². The second-order valence-corrected chi connectivity index (χ2v) is 7.19. The maximum absolute atomic E-state index is 14.0. The molecule has 0 saturated carbocycles. The van der Waals surface area contributed by atoms with E-state index >= 15 is 0 Å². The minimum Gasteiger partial charge on any atom is -0.497 e. The number of hydrogen-bond acceptors (Lipinski definition) is 7. The molecule has 0 unspecified atom stereocenters. The van der Waals surface area contributed by atoms with Crippen molar-refractivity contribution < 1.29 is 18.6 Å². The maximum atomic E-state index is 14.0. The van der Waals surface area contributed by atoms with Gasteiger partial charge in [-0.3, -0.25) is 4.57 Å². The van der Waals surface area contributed by atoms with Gasteiger partial charge >= 0.3 is 0 Å². The van der Waals surface area contributed by atoms with E-state index in [1.54, 1.807) is 26.6 Å². The van der Waals surface area contributed by atoms with Crippen LogP contribution in [0.25, 0.3) is 17.1 Å². The standard InChI is InChI=1S/C23H19FN6O3/c1-31-12-21-27-28-23-16-10-15(32-2)6-8-18(16)30-13-25-17(19(30)11-29(21)23)7-4-14-5-9-20(33-3)22(24)26-14/h5-6,8-10,13H,11-12H2,1-3H3. The first-order chi connectivity index (χ1) is 16.1. The molecule has 166 valence electrons. The fraction of sp³-hybridized carbons (Fsp3) is 0.217. The van der Waals surface area contributed by atoms with Crippen LogP contribution in [0.4, 0.5) is 4.39 Å². The number of pyridine rings is 1. The third kappa shape index (κ3) is 3.58. The van der Waals surface area contributed by atoms with E-state index in [4.69, 9.17) is 14.2 Å². The van der Waals surface area contributed by atoms with Gasteiger partial charge in [-0.15, -0.1) is 10.2 Å². The minimum absolute atomic E-state index is 0.0641. The van der Waals surface area contributed by atoms with E-state index in [1.807, 2.05) is 27.3 Å². The van der Waals surface area contributed by atoms with Crippen LogP contribution in [0.3, 0.4) is 0 Å². The van der Waals surface area contributed by atoms with Gasteiger partial charge in [-0.05, 0) is 42.2 Å². The van der Waals surface area contributed by atoms with Crippen molar-refractivity contribution >= 4 is 0 Å². The number of hydrogen-bond donors (Lipinski definition) is 0. The van der Waals surface area contributed by atoms with Gasteiger partial charge in [-0.1, -0.05) is 0 Å². The lowest BCUT2D eigenvalue weighted by molar-refractivity contribution is 0.174. The van der Waals surface area contributed by atoms with Crippen LogP contribution in [-0.2, 0) is 17.9 Å². The van der Waals surface area contributed by atoms with Gasteiger partial charge in [-0.2, -0.15) is 4.39 Å². The zero-order valence-electron chi connectivity index (χ0n) is 18.2. The molecule has 4 heterocycles. The average Bonchev–Trinajstić information content (AvgIpc) is 3.38. The predicted octanol–water partition coefficient (Wildman–Crippen LogP) is 2.59. The van der Waals surface area contributed by atoms with Crippen LogP contribution in [0.2, 0.25) is 0 Å². The van der Waals surface area contributed by atoms with Crippen molar-refractivity contribution in [2.24, 2.45) is 0 Å². The summed E-state index contributed by atoms with van der Waals surface area (Å²) in [6.07, 6.45) is 1.71. The summed E-state index contributed by atoms with van der Waals surface area (Å²) in [4.78, 5) is 8.35. The molecule has 10 heteroatoms. The van der Waals surface area contributed by atoms with Gasteiger partial charge in [0.25, 0.3) is 5.95 Å². The molecule has 3 aromatic heterocycles. The molecule has 5 rings (SSSR count). The van der Waals surface area contributed by atoms with E-state index in [0.29, 0.717) is 36.2 Å². The van der Waals surface area contributed by atoms with Crippen LogP contribution in [0.15, 0.2) is 36.7 Å². The lowest BCUT2D eigenvalue weighted by Gasteiger charge is -2.09. The Hall–Kier alpha value is -4.23. The number of ether oxygens (including phenoxy) is 3. The Kier molecular flexibility index (Phi) is 5.24. The van der Waals surface area contributed by atoms with Gasteiger partial charge in [0.2, 0.25) is 0 Å². The maximum Gasteiger partial charge on any atom is 0.256 e. The summed E-state index contributed by atoms with van der Waals surface area (Å²) in [5.41, 5.74) is 3.37. The molecule has 0 N–H and O–H groups in total. The number of imidazole rings is 1. The second kappa shape index (κ2) is 8.37. The van der Waals surface area contributed by atoms with Crippen molar-refractivity contribution in [3.8, 4) is 40.4 Å². The van der Waals surface area contributed by atoms with Crippen LogP contribution < -0.4 is 9.47 Å². The molecule has 9 nitrogen and oxygen atoms in total. The Balaban J connectivity index is 1.64. The molecular weight excluding hydrogens is 427 g/mol. The Morgan fingerprint density at radius 1 is 1.06 bits per heavy atom. The largest absolute Gasteiger partial charge is 0.497 e. The Labute approximate surface area is 188 Å². The van der Waals surface area contributed by atoms with Gasteiger partial charge in [0, 0.05) is 12.7 Å². The fourth-order valence-corrected chi connectivity index (χ4v) is 3.72. The fourth-order valence-electron chi connectivity index (χ4n) is 3.72. The molecule has 0 spiro atoms. The van der Waals surface area contributed by atoms with Gasteiger partial charge in [0.1, 0.15) is 30.1 Å². The third-order valence-electron chi connectivity index (χ3n) is 5.32. The minimum atomic E-state index is -0.714. The van der Waals surface area contributed by atoms with Crippen LogP contribution in [0, 0.1) is 17.8 Å². The molecule has 0 aliphatic carbocycles. The highest BCUT2D eigenvalue weighted by Gasteiger charge is 2.26. The Morgan fingerprint density at radius 3 is 2.70 bits per heavy atom. The molecule has 1 aliphatic rings. The summed E-state index contributed by atoms with van der Waals surface area (Å²) < 4.78 is 33.5. The van der Waals surface area contributed by atoms with Crippen LogP contribution >= 0.6 is 0 Å². The zero-order valence-corrected chi connectivity index (χ0v) is 18.2. The number of benzene rings is 1. The van der Waals surface area contributed by atoms with Crippen molar-refractivity contribution in [1.82, 2.24) is 29.3 Å². The predicted molar refractivity (Wildman–Crippen MR) is 116 cm³/mol. The Bertz CT molecular complexity index is 1420. The molecule has 33 heavy (non-hydrogen) atoms. The molecule has 0 saturated heterocycles. The molecule has 0 radical (unpaired) electrons. The van der Waals surface area contributed by atoms with E-state index in [2.05, 4.69) is 32.0 Å². The molecule has 1 aliphatic heterocycles. The molecule has 0 atom stereocenters.